The fourth-order valence-corrected chi connectivity index (χ4v) is 3.41. The van der Waals surface area contributed by atoms with Crippen molar-refractivity contribution in [1.82, 2.24) is 5.32 Å². The number of imide groups is 2. The molecule has 1 fully saturated rings. The SMILES string of the molecule is COc1ccc(N2C(=O)NC(=O)/C(=C/c3ccc(-c4ccc(Cl)cc4)o3)C2=O)cc1Cl. The van der Waals surface area contributed by atoms with Crippen molar-refractivity contribution in [2.24, 2.45) is 0 Å². The molecule has 156 valence electrons. The monoisotopic (exact) mass is 456 g/mol. The summed E-state index contributed by atoms with van der Waals surface area (Å²) in [5.41, 5.74) is 0.703. The highest BCUT2D eigenvalue weighted by molar-refractivity contribution is 6.39. The van der Waals surface area contributed by atoms with Crippen molar-refractivity contribution in [3.8, 4) is 17.1 Å². The van der Waals surface area contributed by atoms with Gasteiger partial charge in [0, 0.05) is 10.6 Å². The summed E-state index contributed by atoms with van der Waals surface area (Å²) in [5, 5.41) is 2.95. The van der Waals surface area contributed by atoms with Crippen molar-refractivity contribution in [2.45, 2.75) is 0 Å². The van der Waals surface area contributed by atoms with Crippen molar-refractivity contribution < 1.29 is 23.5 Å². The van der Waals surface area contributed by atoms with Crippen LogP contribution in [-0.4, -0.2) is 25.0 Å². The number of methoxy groups -OCH3 is 1. The van der Waals surface area contributed by atoms with E-state index in [0.29, 0.717) is 16.5 Å². The van der Waals surface area contributed by atoms with Crippen LogP contribution in [0.3, 0.4) is 0 Å². The molecule has 4 rings (SSSR count). The number of amides is 4. The van der Waals surface area contributed by atoms with Crippen molar-refractivity contribution >= 4 is 52.8 Å². The molecule has 1 aliphatic rings. The van der Waals surface area contributed by atoms with Gasteiger partial charge < -0.3 is 9.15 Å². The zero-order chi connectivity index (χ0) is 22.1. The summed E-state index contributed by atoms with van der Waals surface area (Å²) < 4.78 is 10.8. The highest BCUT2D eigenvalue weighted by Crippen LogP contribution is 2.31. The van der Waals surface area contributed by atoms with E-state index in [-0.39, 0.29) is 22.0 Å². The molecule has 2 aromatic carbocycles. The predicted molar refractivity (Wildman–Crippen MR) is 116 cm³/mol. The van der Waals surface area contributed by atoms with Crippen LogP contribution in [0, 0.1) is 0 Å². The Bertz CT molecular complexity index is 1230. The van der Waals surface area contributed by atoms with Gasteiger partial charge >= 0.3 is 6.03 Å². The summed E-state index contributed by atoms with van der Waals surface area (Å²) in [6.45, 7) is 0. The highest BCUT2D eigenvalue weighted by atomic mass is 35.5. The van der Waals surface area contributed by atoms with Crippen LogP contribution in [0.25, 0.3) is 17.4 Å². The average molecular weight is 457 g/mol. The number of ether oxygens (including phenoxy) is 1. The Hall–Kier alpha value is -3.55. The van der Waals surface area contributed by atoms with E-state index in [1.165, 1.54) is 31.4 Å². The molecule has 9 heteroatoms. The van der Waals surface area contributed by atoms with E-state index in [0.717, 1.165) is 10.5 Å². The molecule has 0 atom stereocenters. The number of furan rings is 1. The van der Waals surface area contributed by atoms with Gasteiger partial charge in [-0.3, -0.25) is 14.9 Å². The van der Waals surface area contributed by atoms with Gasteiger partial charge in [-0.25, -0.2) is 9.69 Å². The van der Waals surface area contributed by atoms with E-state index < -0.39 is 17.8 Å². The van der Waals surface area contributed by atoms with Gasteiger partial charge in [0.15, 0.2) is 0 Å². The quantitative estimate of drug-likeness (QED) is 0.444. The van der Waals surface area contributed by atoms with Crippen LogP contribution in [-0.2, 0) is 9.59 Å². The largest absolute Gasteiger partial charge is 0.495 e. The fraction of sp³-hybridized carbons (Fsp3) is 0.0455. The third-order valence-electron chi connectivity index (χ3n) is 4.54. The first-order valence-electron chi connectivity index (χ1n) is 8.98. The second-order valence-electron chi connectivity index (χ2n) is 6.49. The average Bonchev–Trinajstić information content (AvgIpc) is 3.20. The van der Waals surface area contributed by atoms with Crippen LogP contribution in [0.5, 0.6) is 5.75 Å². The summed E-state index contributed by atoms with van der Waals surface area (Å²) in [6.07, 6.45) is 1.28. The first kappa shape index (κ1) is 20.7. The zero-order valence-corrected chi connectivity index (χ0v) is 17.5. The second kappa shape index (κ2) is 8.29. The van der Waals surface area contributed by atoms with Crippen molar-refractivity contribution in [3.63, 3.8) is 0 Å². The zero-order valence-electron chi connectivity index (χ0n) is 16.0. The van der Waals surface area contributed by atoms with Crippen LogP contribution in [0.15, 0.2) is 64.6 Å². The molecular weight excluding hydrogens is 443 g/mol. The lowest BCUT2D eigenvalue weighted by molar-refractivity contribution is -0.122. The van der Waals surface area contributed by atoms with Gasteiger partial charge in [-0.2, -0.15) is 0 Å². The number of barbiturate groups is 1. The standard InChI is InChI=1S/C22H14Cl2N2O5/c1-30-19-8-6-14(10-17(19)24)26-21(28)16(20(27)25-22(26)29)11-15-7-9-18(31-15)12-2-4-13(23)5-3-12/h2-11H,1H3,(H,25,27,29)/b16-11-. The molecular formula is C22H14Cl2N2O5. The Morgan fingerprint density at radius 3 is 2.42 bits per heavy atom. The molecule has 31 heavy (non-hydrogen) atoms. The molecule has 1 aromatic heterocycles. The van der Waals surface area contributed by atoms with Crippen LogP contribution < -0.4 is 15.0 Å². The lowest BCUT2D eigenvalue weighted by atomic mass is 10.1. The minimum absolute atomic E-state index is 0.188. The Balaban J connectivity index is 1.66. The first-order chi connectivity index (χ1) is 14.9. The third kappa shape index (κ3) is 4.05. The van der Waals surface area contributed by atoms with Gasteiger partial charge in [-0.05, 0) is 60.7 Å². The molecule has 0 radical (unpaired) electrons. The van der Waals surface area contributed by atoms with Gasteiger partial charge in [0.05, 0.1) is 17.8 Å². The number of halogens is 2. The number of anilines is 1. The minimum Gasteiger partial charge on any atom is -0.495 e. The number of nitrogens with zero attached hydrogens (tertiary/aromatic N) is 1. The van der Waals surface area contributed by atoms with Crippen LogP contribution >= 0.6 is 23.2 Å². The molecule has 4 amide bonds. The van der Waals surface area contributed by atoms with E-state index in [9.17, 15) is 14.4 Å². The first-order valence-corrected chi connectivity index (χ1v) is 9.74. The topological polar surface area (TPSA) is 88.8 Å². The highest BCUT2D eigenvalue weighted by Gasteiger charge is 2.37. The van der Waals surface area contributed by atoms with Crippen LogP contribution in [0.4, 0.5) is 10.5 Å². The molecule has 0 saturated carbocycles. The van der Waals surface area contributed by atoms with Crippen molar-refractivity contribution in [3.05, 3.63) is 76.0 Å². The lowest BCUT2D eigenvalue weighted by Crippen LogP contribution is -2.54. The normalized spacial score (nSPS) is 15.4. The minimum atomic E-state index is -0.880. The smallest absolute Gasteiger partial charge is 0.335 e. The molecule has 0 unspecified atom stereocenters. The molecule has 0 bridgehead atoms. The Morgan fingerprint density at radius 2 is 1.74 bits per heavy atom. The molecule has 0 aliphatic carbocycles. The van der Waals surface area contributed by atoms with Crippen molar-refractivity contribution in [1.29, 1.82) is 0 Å². The maximum absolute atomic E-state index is 13.0. The summed E-state index contributed by atoms with van der Waals surface area (Å²) in [7, 11) is 1.45. The number of benzene rings is 2. The molecule has 0 spiro atoms. The summed E-state index contributed by atoms with van der Waals surface area (Å²) in [4.78, 5) is 38.5. The molecule has 1 saturated heterocycles. The molecule has 1 N–H and O–H groups in total. The molecule has 3 aromatic rings. The number of urea groups is 1. The van der Waals surface area contributed by atoms with Gasteiger partial charge in [0.2, 0.25) is 0 Å². The van der Waals surface area contributed by atoms with E-state index in [1.807, 2.05) is 0 Å². The summed E-state index contributed by atoms with van der Waals surface area (Å²) in [5.74, 6) is -0.449. The van der Waals surface area contributed by atoms with E-state index >= 15 is 0 Å². The Morgan fingerprint density at radius 1 is 1.00 bits per heavy atom. The maximum Gasteiger partial charge on any atom is 0.335 e. The number of hydrogen-bond acceptors (Lipinski definition) is 5. The van der Waals surface area contributed by atoms with Gasteiger partial charge in [-0.15, -0.1) is 0 Å². The van der Waals surface area contributed by atoms with Crippen LogP contribution in [0.1, 0.15) is 5.76 Å². The number of nitrogens with one attached hydrogen (secondary N) is 1. The molecule has 1 aliphatic heterocycles. The summed E-state index contributed by atoms with van der Waals surface area (Å²) >= 11 is 12.0. The summed E-state index contributed by atoms with van der Waals surface area (Å²) in [6, 6.07) is 13.8. The van der Waals surface area contributed by atoms with Gasteiger partial charge in [-0.1, -0.05) is 23.2 Å². The lowest BCUT2D eigenvalue weighted by Gasteiger charge is -2.26. The number of hydrogen-bond donors (Lipinski definition) is 1. The Kier molecular flexibility index (Phi) is 5.54. The van der Waals surface area contributed by atoms with E-state index in [4.69, 9.17) is 32.4 Å². The Labute approximate surface area is 186 Å². The fourth-order valence-electron chi connectivity index (χ4n) is 3.03. The number of rotatable bonds is 4. The van der Waals surface area contributed by atoms with Crippen LogP contribution in [0.2, 0.25) is 10.0 Å². The molecule has 2 heterocycles. The van der Waals surface area contributed by atoms with E-state index in [1.54, 1.807) is 36.4 Å². The second-order valence-corrected chi connectivity index (χ2v) is 7.33. The third-order valence-corrected chi connectivity index (χ3v) is 5.08. The van der Waals surface area contributed by atoms with E-state index in [2.05, 4.69) is 5.32 Å². The molecule has 7 nitrogen and oxygen atoms in total. The number of carbonyl (C=O) groups excluding carboxylic acids is 3. The van der Waals surface area contributed by atoms with Gasteiger partial charge in [0.1, 0.15) is 22.8 Å². The number of carbonyl (C=O) groups is 3. The maximum atomic E-state index is 13.0. The van der Waals surface area contributed by atoms with Gasteiger partial charge in [0.25, 0.3) is 11.8 Å². The van der Waals surface area contributed by atoms with Crippen molar-refractivity contribution in [2.75, 3.05) is 12.0 Å². The predicted octanol–water partition coefficient (Wildman–Crippen LogP) is 4.93.